The number of halogens is 1. The summed E-state index contributed by atoms with van der Waals surface area (Å²) in [7, 11) is 0. The van der Waals surface area contributed by atoms with E-state index in [1.54, 1.807) is 27.6 Å². The molecule has 1 aliphatic rings. The van der Waals surface area contributed by atoms with Crippen LogP contribution in [0.15, 0.2) is 36.4 Å². The van der Waals surface area contributed by atoms with E-state index in [2.05, 4.69) is 10.1 Å². The van der Waals surface area contributed by atoms with E-state index in [0.717, 1.165) is 17.0 Å². The molecule has 1 N–H and O–H groups in total. The summed E-state index contributed by atoms with van der Waals surface area (Å²) in [5.41, 5.74) is 3.63. The Bertz CT molecular complexity index is 999. The van der Waals surface area contributed by atoms with Crippen molar-refractivity contribution in [3.63, 3.8) is 0 Å². The van der Waals surface area contributed by atoms with Crippen molar-refractivity contribution in [2.45, 2.75) is 32.3 Å². The zero-order valence-corrected chi connectivity index (χ0v) is 15.3. The number of rotatable bonds is 2. The van der Waals surface area contributed by atoms with Crippen molar-refractivity contribution in [3.8, 4) is 0 Å². The van der Waals surface area contributed by atoms with E-state index in [1.807, 2.05) is 19.9 Å². The van der Waals surface area contributed by atoms with Crippen molar-refractivity contribution in [2.75, 3.05) is 13.1 Å². The Labute approximate surface area is 156 Å². The summed E-state index contributed by atoms with van der Waals surface area (Å²) < 4.78 is 14.8. The Morgan fingerprint density at radius 2 is 1.96 bits per heavy atom. The summed E-state index contributed by atoms with van der Waals surface area (Å²) in [6, 6.07) is 9.77. The summed E-state index contributed by atoms with van der Waals surface area (Å²) >= 11 is 0. The summed E-state index contributed by atoms with van der Waals surface area (Å²) in [6.45, 7) is 4.55. The van der Waals surface area contributed by atoms with Crippen LogP contribution in [0.4, 0.5) is 4.39 Å². The van der Waals surface area contributed by atoms with Gasteiger partial charge in [-0.15, -0.1) is 0 Å². The maximum atomic E-state index is 13.1. The molecular formula is C20H21FN4O2. The molecule has 0 aliphatic carbocycles. The summed E-state index contributed by atoms with van der Waals surface area (Å²) in [5.74, 6) is -0.622. The minimum atomic E-state index is -0.702. The maximum Gasteiger partial charge on any atom is 0.274 e. The van der Waals surface area contributed by atoms with Crippen LogP contribution < -0.4 is 0 Å². The molecular weight excluding hydrogens is 347 g/mol. The van der Waals surface area contributed by atoms with Gasteiger partial charge in [-0.2, -0.15) is 5.10 Å². The molecule has 3 aromatic rings. The maximum absolute atomic E-state index is 13.1. The summed E-state index contributed by atoms with van der Waals surface area (Å²) in [5, 5.41) is 14.9. The first kappa shape index (κ1) is 17.6. The number of carbonyl (C=O) groups excluding carboxylic acids is 1. The number of hydrogen-bond donors (Lipinski definition) is 1. The largest absolute Gasteiger partial charge is 0.391 e. The predicted molar refractivity (Wildman–Crippen MR) is 98.1 cm³/mol. The zero-order valence-electron chi connectivity index (χ0n) is 15.3. The molecule has 7 heteroatoms. The number of piperidine rings is 1. The highest BCUT2D eigenvalue weighted by Gasteiger charge is 2.32. The Kier molecular flexibility index (Phi) is 4.39. The molecule has 1 aromatic carbocycles. The molecule has 3 heterocycles. The van der Waals surface area contributed by atoms with Gasteiger partial charge in [0.25, 0.3) is 5.91 Å². The van der Waals surface area contributed by atoms with E-state index in [0.29, 0.717) is 24.3 Å². The number of aliphatic hydroxyl groups excluding tert-OH is 1. The molecule has 0 bridgehead atoms. The Hall–Kier alpha value is -2.80. The fourth-order valence-corrected chi connectivity index (χ4v) is 3.77. The molecule has 0 saturated carbocycles. The first-order valence-corrected chi connectivity index (χ1v) is 8.99. The zero-order chi connectivity index (χ0) is 19.1. The number of nitrogens with zero attached hydrogens (tertiary/aromatic N) is 4. The smallest absolute Gasteiger partial charge is 0.274 e. The SMILES string of the molecule is Cc1cc(C)n2nc(C(=O)N3CC[C@@H](c4ccc(F)cc4)[C@H](O)C3)cc2n1. The van der Waals surface area contributed by atoms with E-state index in [9.17, 15) is 14.3 Å². The molecule has 1 aliphatic heterocycles. The van der Waals surface area contributed by atoms with Crippen molar-refractivity contribution >= 4 is 11.6 Å². The molecule has 0 radical (unpaired) electrons. The minimum absolute atomic E-state index is 0.109. The Morgan fingerprint density at radius 1 is 1.22 bits per heavy atom. The number of fused-ring (bicyclic) bond motifs is 1. The molecule has 1 saturated heterocycles. The number of aromatic nitrogens is 3. The monoisotopic (exact) mass is 368 g/mol. The van der Waals surface area contributed by atoms with Gasteiger partial charge in [-0.05, 0) is 44.0 Å². The number of likely N-dealkylation sites (tertiary alicyclic amines) is 1. The summed E-state index contributed by atoms with van der Waals surface area (Å²) in [6.07, 6.45) is -0.0882. The van der Waals surface area contributed by atoms with Crippen LogP contribution in [0.1, 0.15) is 39.8 Å². The van der Waals surface area contributed by atoms with Gasteiger partial charge in [0.05, 0.1) is 6.10 Å². The standard InChI is InChI=1S/C20H21FN4O2/c1-12-9-13(2)25-19(22-12)10-17(23-25)20(27)24-8-7-16(18(26)11-24)14-3-5-15(21)6-4-14/h3-6,9-10,16,18,26H,7-8,11H2,1-2H3/t16-,18+/m0/s1. The molecule has 6 nitrogen and oxygen atoms in total. The van der Waals surface area contributed by atoms with E-state index in [4.69, 9.17) is 0 Å². The van der Waals surface area contributed by atoms with Crippen LogP contribution in [-0.4, -0.2) is 49.7 Å². The van der Waals surface area contributed by atoms with Crippen LogP contribution in [0, 0.1) is 19.7 Å². The van der Waals surface area contributed by atoms with Crippen molar-refractivity contribution in [1.82, 2.24) is 19.5 Å². The molecule has 27 heavy (non-hydrogen) atoms. The van der Waals surface area contributed by atoms with Crippen LogP contribution in [0.5, 0.6) is 0 Å². The van der Waals surface area contributed by atoms with Gasteiger partial charge in [-0.3, -0.25) is 4.79 Å². The lowest BCUT2D eigenvalue weighted by Crippen LogP contribution is -2.45. The number of amides is 1. The normalized spacial score (nSPS) is 20.2. The summed E-state index contributed by atoms with van der Waals surface area (Å²) in [4.78, 5) is 18.9. The van der Waals surface area contributed by atoms with Crippen molar-refractivity contribution in [2.24, 2.45) is 0 Å². The number of hydrogen-bond acceptors (Lipinski definition) is 4. The van der Waals surface area contributed by atoms with Crippen LogP contribution in [0.2, 0.25) is 0 Å². The van der Waals surface area contributed by atoms with Gasteiger partial charge in [0.2, 0.25) is 0 Å². The van der Waals surface area contributed by atoms with Crippen LogP contribution in [0.25, 0.3) is 5.65 Å². The number of β-amino-alcohol motifs (C(OH)–C–C–N with tert-alkyl or cyclic N) is 1. The highest BCUT2D eigenvalue weighted by Crippen LogP contribution is 2.29. The lowest BCUT2D eigenvalue weighted by atomic mass is 9.87. The van der Waals surface area contributed by atoms with Crippen LogP contribution >= 0.6 is 0 Å². The molecule has 2 aromatic heterocycles. The molecule has 4 rings (SSSR count). The third-order valence-corrected chi connectivity index (χ3v) is 5.12. The lowest BCUT2D eigenvalue weighted by Gasteiger charge is -2.35. The molecule has 140 valence electrons. The number of carbonyl (C=O) groups is 1. The molecule has 1 amide bonds. The Balaban J connectivity index is 1.52. The van der Waals surface area contributed by atoms with E-state index >= 15 is 0 Å². The molecule has 0 unspecified atom stereocenters. The van der Waals surface area contributed by atoms with Gasteiger partial charge >= 0.3 is 0 Å². The number of benzene rings is 1. The first-order valence-electron chi connectivity index (χ1n) is 8.99. The predicted octanol–water partition coefficient (Wildman–Crippen LogP) is 2.48. The minimum Gasteiger partial charge on any atom is -0.391 e. The third kappa shape index (κ3) is 3.30. The van der Waals surface area contributed by atoms with Crippen molar-refractivity contribution in [1.29, 1.82) is 0 Å². The second-order valence-corrected chi connectivity index (χ2v) is 7.10. The van der Waals surface area contributed by atoms with Crippen LogP contribution in [0.3, 0.4) is 0 Å². The highest BCUT2D eigenvalue weighted by molar-refractivity contribution is 5.93. The fraction of sp³-hybridized carbons (Fsp3) is 0.350. The number of aryl methyl sites for hydroxylation is 2. The van der Waals surface area contributed by atoms with Gasteiger partial charge in [0.1, 0.15) is 5.82 Å². The average molecular weight is 368 g/mol. The molecule has 1 fully saturated rings. The molecule has 2 atom stereocenters. The van der Waals surface area contributed by atoms with Gasteiger partial charge in [0.15, 0.2) is 11.3 Å². The highest BCUT2D eigenvalue weighted by atomic mass is 19.1. The first-order chi connectivity index (χ1) is 12.9. The van der Waals surface area contributed by atoms with Gasteiger partial charge < -0.3 is 10.0 Å². The molecule has 0 spiro atoms. The van der Waals surface area contributed by atoms with Gasteiger partial charge in [-0.1, -0.05) is 12.1 Å². The van der Waals surface area contributed by atoms with Gasteiger partial charge in [-0.25, -0.2) is 13.9 Å². The lowest BCUT2D eigenvalue weighted by molar-refractivity contribution is 0.0377. The average Bonchev–Trinajstić information content (AvgIpc) is 3.06. The van der Waals surface area contributed by atoms with E-state index < -0.39 is 6.10 Å². The quantitative estimate of drug-likeness (QED) is 0.754. The van der Waals surface area contributed by atoms with Crippen molar-refractivity contribution in [3.05, 3.63) is 64.9 Å². The van der Waals surface area contributed by atoms with Gasteiger partial charge in [0, 0.05) is 36.5 Å². The third-order valence-electron chi connectivity index (χ3n) is 5.12. The van der Waals surface area contributed by atoms with Crippen LogP contribution in [-0.2, 0) is 0 Å². The second-order valence-electron chi connectivity index (χ2n) is 7.10. The van der Waals surface area contributed by atoms with E-state index in [1.165, 1.54) is 12.1 Å². The second kappa shape index (κ2) is 6.74. The Morgan fingerprint density at radius 3 is 2.67 bits per heavy atom. The van der Waals surface area contributed by atoms with Crippen molar-refractivity contribution < 1.29 is 14.3 Å². The number of aliphatic hydroxyl groups is 1. The van der Waals surface area contributed by atoms with E-state index in [-0.39, 0.29) is 24.2 Å². The topological polar surface area (TPSA) is 70.7 Å². The fourth-order valence-electron chi connectivity index (χ4n) is 3.77.